The lowest BCUT2D eigenvalue weighted by Crippen LogP contribution is -2.33. The van der Waals surface area contributed by atoms with Crippen molar-refractivity contribution in [2.75, 3.05) is 32.6 Å². The highest BCUT2D eigenvalue weighted by molar-refractivity contribution is 6.30. The lowest BCUT2D eigenvalue weighted by molar-refractivity contribution is -0.117. The molecule has 2 aromatic carbocycles. The Morgan fingerprint density at radius 3 is 2.81 bits per heavy atom. The second-order valence-corrected chi connectivity index (χ2v) is 6.73. The minimum absolute atomic E-state index is 0.0546. The van der Waals surface area contributed by atoms with Crippen molar-refractivity contribution in [3.05, 3.63) is 53.1 Å². The van der Waals surface area contributed by atoms with E-state index >= 15 is 0 Å². The van der Waals surface area contributed by atoms with Crippen molar-refractivity contribution in [1.29, 1.82) is 0 Å². The van der Waals surface area contributed by atoms with E-state index < -0.39 is 0 Å². The molecule has 1 saturated heterocycles. The minimum Gasteiger partial charge on any atom is -0.497 e. The van der Waals surface area contributed by atoms with E-state index in [1.165, 1.54) is 0 Å². The minimum atomic E-state index is -0.0546. The molecule has 1 aliphatic heterocycles. The van der Waals surface area contributed by atoms with Crippen LogP contribution in [0.25, 0.3) is 0 Å². The maximum atomic E-state index is 12.5. The molecule has 0 saturated carbocycles. The quantitative estimate of drug-likeness (QED) is 0.825. The first-order chi connectivity index (χ1) is 12.6. The summed E-state index contributed by atoms with van der Waals surface area (Å²) in [6, 6.07) is 13.1. The van der Waals surface area contributed by atoms with Crippen molar-refractivity contribution >= 4 is 23.2 Å². The molecule has 6 heteroatoms. The zero-order valence-corrected chi connectivity index (χ0v) is 15.8. The van der Waals surface area contributed by atoms with E-state index in [2.05, 4.69) is 10.2 Å². The number of halogens is 1. The van der Waals surface area contributed by atoms with E-state index in [1.807, 2.05) is 30.3 Å². The highest BCUT2D eigenvalue weighted by atomic mass is 35.5. The second-order valence-electron chi connectivity index (χ2n) is 6.29. The number of benzene rings is 2. The van der Waals surface area contributed by atoms with Gasteiger partial charge < -0.3 is 14.8 Å². The van der Waals surface area contributed by atoms with Crippen LogP contribution in [-0.2, 0) is 4.79 Å². The zero-order valence-electron chi connectivity index (χ0n) is 15.0. The highest BCUT2D eigenvalue weighted by Gasteiger charge is 2.30. The fourth-order valence-electron chi connectivity index (χ4n) is 3.42. The summed E-state index contributed by atoms with van der Waals surface area (Å²) in [4.78, 5) is 14.7. The fraction of sp³-hybridized carbons (Fsp3) is 0.350. The zero-order chi connectivity index (χ0) is 18.5. The smallest absolute Gasteiger partial charge is 0.238 e. The third kappa shape index (κ3) is 4.29. The van der Waals surface area contributed by atoms with Gasteiger partial charge in [0, 0.05) is 22.3 Å². The summed E-state index contributed by atoms with van der Waals surface area (Å²) in [6.45, 7) is 1.19. The molecule has 0 bridgehead atoms. The lowest BCUT2D eigenvalue weighted by atomic mass is 10.0. The third-order valence-corrected chi connectivity index (χ3v) is 4.85. The summed E-state index contributed by atoms with van der Waals surface area (Å²) < 4.78 is 10.9. The Kier molecular flexibility index (Phi) is 6.01. The maximum absolute atomic E-state index is 12.5. The van der Waals surface area contributed by atoms with Crippen molar-refractivity contribution in [1.82, 2.24) is 4.90 Å². The molecule has 0 aliphatic carbocycles. The molecule has 1 aliphatic rings. The molecule has 0 radical (unpaired) electrons. The van der Waals surface area contributed by atoms with E-state index in [1.54, 1.807) is 26.4 Å². The number of carbonyl (C=O) groups excluding carboxylic acids is 1. The molecule has 1 fully saturated rings. The Bertz CT molecular complexity index is 781. The summed E-state index contributed by atoms with van der Waals surface area (Å²) in [7, 11) is 3.31. The number of amides is 1. The van der Waals surface area contributed by atoms with Crippen molar-refractivity contribution in [2.45, 2.75) is 18.9 Å². The van der Waals surface area contributed by atoms with Gasteiger partial charge in [-0.2, -0.15) is 0 Å². The third-order valence-electron chi connectivity index (χ3n) is 4.61. The number of nitrogens with one attached hydrogen (secondary N) is 1. The average Bonchev–Trinajstić information content (AvgIpc) is 3.08. The van der Waals surface area contributed by atoms with Gasteiger partial charge in [-0.25, -0.2) is 0 Å². The molecule has 2 aromatic rings. The monoisotopic (exact) mass is 374 g/mol. The molecule has 26 heavy (non-hydrogen) atoms. The van der Waals surface area contributed by atoms with Crippen molar-refractivity contribution in [2.24, 2.45) is 0 Å². The van der Waals surface area contributed by atoms with Crippen LogP contribution < -0.4 is 14.8 Å². The summed E-state index contributed by atoms with van der Waals surface area (Å²) in [5, 5.41) is 3.51. The maximum Gasteiger partial charge on any atom is 0.238 e. The topological polar surface area (TPSA) is 50.8 Å². The molecular weight excluding hydrogens is 352 g/mol. The van der Waals surface area contributed by atoms with Crippen molar-refractivity contribution < 1.29 is 14.3 Å². The first-order valence-electron chi connectivity index (χ1n) is 8.62. The van der Waals surface area contributed by atoms with E-state index in [0.717, 1.165) is 36.4 Å². The van der Waals surface area contributed by atoms with E-state index in [4.69, 9.17) is 21.1 Å². The molecule has 1 amide bonds. The number of likely N-dealkylation sites (tertiary alicyclic amines) is 1. The van der Waals surface area contributed by atoms with Crippen molar-refractivity contribution in [3.8, 4) is 11.5 Å². The van der Waals surface area contributed by atoms with Gasteiger partial charge in [0.25, 0.3) is 0 Å². The van der Waals surface area contributed by atoms with Crippen LogP contribution in [0.5, 0.6) is 11.5 Å². The molecule has 3 rings (SSSR count). The van der Waals surface area contributed by atoms with Gasteiger partial charge in [-0.1, -0.05) is 17.7 Å². The van der Waals surface area contributed by atoms with Crippen molar-refractivity contribution in [3.63, 3.8) is 0 Å². The standard InChI is InChI=1S/C20H23ClN2O3/c1-25-16-8-9-19(26-2)17(12-16)18-7-4-10-23(18)13-20(24)22-15-6-3-5-14(21)11-15/h3,5-6,8-9,11-12,18H,4,7,10,13H2,1-2H3,(H,22,24)/t18-/m0/s1. The Hall–Kier alpha value is -2.24. The van der Waals surface area contributed by atoms with Gasteiger partial charge in [0.05, 0.1) is 20.8 Å². The van der Waals surface area contributed by atoms with Crippen LogP contribution in [0.3, 0.4) is 0 Å². The van der Waals surface area contributed by atoms with Gasteiger partial charge in [0.1, 0.15) is 11.5 Å². The number of methoxy groups -OCH3 is 2. The molecule has 0 aromatic heterocycles. The summed E-state index contributed by atoms with van der Waals surface area (Å²) >= 11 is 5.98. The van der Waals surface area contributed by atoms with Crippen LogP contribution >= 0.6 is 11.6 Å². The number of carbonyl (C=O) groups is 1. The molecule has 1 atom stereocenters. The Morgan fingerprint density at radius 2 is 2.08 bits per heavy atom. The number of nitrogens with zero attached hydrogens (tertiary/aromatic N) is 1. The van der Waals surface area contributed by atoms with Gasteiger partial charge in [-0.05, 0) is 55.8 Å². The number of hydrogen-bond donors (Lipinski definition) is 1. The van der Waals surface area contributed by atoms with Crippen LogP contribution in [0.2, 0.25) is 5.02 Å². The molecule has 0 unspecified atom stereocenters. The van der Waals surface area contributed by atoms with Gasteiger partial charge in [0.2, 0.25) is 5.91 Å². The molecular formula is C20H23ClN2O3. The summed E-state index contributed by atoms with van der Waals surface area (Å²) in [5.74, 6) is 1.55. The van der Waals surface area contributed by atoms with E-state index in [-0.39, 0.29) is 11.9 Å². The van der Waals surface area contributed by atoms with Crippen LogP contribution in [-0.4, -0.2) is 38.1 Å². The first-order valence-corrected chi connectivity index (χ1v) is 9.00. The number of rotatable bonds is 6. The second kappa shape index (κ2) is 8.43. The number of ether oxygens (including phenoxy) is 2. The first kappa shape index (κ1) is 18.5. The average molecular weight is 375 g/mol. The van der Waals surface area contributed by atoms with Crippen LogP contribution in [0.4, 0.5) is 5.69 Å². The number of hydrogen-bond acceptors (Lipinski definition) is 4. The predicted molar refractivity (Wildman–Crippen MR) is 103 cm³/mol. The molecule has 1 N–H and O–H groups in total. The van der Waals surface area contributed by atoms with Gasteiger partial charge in [0.15, 0.2) is 0 Å². The molecule has 0 spiro atoms. The van der Waals surface area contributed by atoms with Gasteiger partial charge in [-0.15, -0.1) is 0 Å². The van der Waals surface area contributed by atoms with E-state index in [9.17, 15) is 4.79 Å². The SMILES string of the molecule is COc1ccc(OC)c([C@@H]2CCCN2CC(=O)Nc2cccc(Cl)c2)c1. The lowest BCUT2D eigenvalue weighted by Gasteiger charge is -2.26. The van der Waals surface area contributed by atoms with Crippen LogP contribution in [0, 0.1) is 0 Å². The van der Waals surface area contributed by atoms with Gasteiger partial charge in [-0.3, -0.25) is 9.69 Å². The molecule has 5 nitrogen and oxygen atoms in total. The molecule has 138 valence electrons. The summed E-state index contributed by atoms with van der Waals surface area (Å²) in [5.41, 5.74) is 1.76. The Balaban J connectivity index is 1.73. The summed E-state index contributed by atoms with van der Waals surface area (Å²) in [6.07, 6.45) is 2.02. The van der Waals surface area contributed by atoms with Crippen LogP contribution in [0.1, 0.15) is 24.4 Å². The van der Waals surface area contributed by atoms with E-state index in [0.29, 0.717) is 17.3 Å². The normalized spacial score (nSPS) is 17.1. The fourth-order valence-corrected chi connectivity index (χ4v) is 3.61. The van der Waals surface area contributed by atoms with Gasteiger partial charge >= 0.3 is 0 Å². The number of anilines is 1. The predicted octanol–water partition coefficient (Wildman–Crippen LogP) is 4.13. The Labute approximate surface area is 158 Å². The highest BCUT2D eigenvalue weighted by Crippen LogP contribution is 2.38. The molecule has 1 heterocycles. The largest absolute Gasteiger partial charge is 0.497 e. The van der Waals surface area contributed by atoms with Crippen LogP contribution in [0.15, 0.2) is 42.5 Å². The Morgan fingerprint density at radius 1 is 1.23 bits per heavy atom.